The highest BCUT2D eigenvalue weighted by Crippen LogP contribution is 2.17. The minimum Gasteiger partial charge on any atom is -0.339 e. The molecule has 2 heterocycles. The summed E-state index contributed by atoms with van der Waals surface area (Å²) in [5.41, 5.74) is 0. The fourth-order valence-corrected chi connectivity index (χ4v) is 2.82. The largest absolute Gasteiger partial charge is 0.339 e. The van der Waals surface area contributed by atoms with Gasteiger partial charge in [-0.2, -0.15) is 4.98 Å². The van der Waals surface area contributed by atoms with Crippen molar-refractivity contribution >= 4 is 0 Å². The maximum atomic E-state index is 5.35. The standard InChI is InChI=1S/C16H30N4O/c1-12(2)9-16-18-15(19-21-16)11-20(13(3)4)10-14-5-7-17-8-6-14/h12-14,17H,5-11H2,1-4H3. The highest BCUT2D eigenvalue weighted by atomic mass is 16.5. The molecule has 0 amide bonds. The summed E-state index contributed by atoms with van der Waals surface area (Å²) in [6.07, 6.45) is 3.41. The average molecular weight is 294 g/mol. The van der Waals surface area contributed by atoms with Gasteiger partial charge in [0.15, 0.2) is 5.82 Å². The molecule has 5 heteroatoms. The lowest BCUT2D eigenvalue weighted by molar-refractivity contribution is 0.156. The van der Waals surface area contributed by atoms with Crippen molar-refractivity contribution in [1.29, 1.82) is 0 Å². The van der Waals surface area contributed by atoms with E-state index in [-0.39, 0.29) is 0 Å². The Balaban J connectivity index is 1.90. The third-order valence-electron chi connectivity index (χ3n) is 4.12. The van der Waals surface area contributed by atoms with E-state index in [2.05, 4.69) is 48.1 Å². The van der Waals surface area contributed by atoms with Gasteiger partial charge in [0, 0.05) is 19.0 Å². The monoisotopic (exact) mass is 294 g/mol. The summed E-state index contributed by atoms with van der Waals surface area (Å²) in [7, 11) is 0. The molecular weight excluding hydrogens is 264 g/mol. The molecular formula is C16H30N4O. The maximum Gasteiger partial charge on any atom is 0.226 e. The van der Waals surface area contributed by atoms with Gasteiger partial charge in [0.1, 0.15) is 0 Å². The van der Waals surface area contributed by atoms with Gasteiger partial charge in [-0.25, -0.2) is 0 Å². The van der Waals surface area contributed by atoms with E-state index >= 15 is 0 Å². The molecule has 0 aliphatic carbocycles. The first kappa shape index (κ1) is 16.4. The SMILES string of the molecule is CC(C)Cc1nc(CN(CC2CCNCC2)C(C)C)no1. The van der Waals surface area contributed by atoms with Crippen LogP contribution in [0.5, 0.6) is 0 Å². The van der Waals surface area contributed by atoms with Crippen LogP contribution in [-0.4, -0.2) is 40.7 Å². The second kappa shape index (κ2) is 7.90. The van der Waals surface area contributed by atoms with Gasteiger partial charge in [0.2, 0.25) is 5.89 Å². The zero-order chi connectivity index (χ0) is 15.2. The Labute approximate surface area is 128 Å². The van der Waals surface area contributed by atoms with Crippen molar-refractivity contribution < 1.29 is 4.52 Å². The highest BCUT2D eigenvalue weighted by molar-refractivity contribution is 4.88. The Bertz CT molecular complexity index is 410. The van der Waals surface area contributed by atoms with Gasteiger partial charge in [0.25, 0.3) is 0 Å². The zero-order valence-electron chi connectivity index (χ0n) is 13.9. The van der Waals surface area contributed by atoms with E-state index in [0.29, 0.717) is 12.0 Å². The fourth-order valence-electron chi connectivity index (χ4n) is 2.82. The van der Waals surface area contributed by atoms with Crippen molar-refractivity contribution in [2.45, 2.75) is 59.5 Å². The molecule has 0 radical (unpaired) electrons. The molecule has 1 aromatic rings. The predicted molar refractivity (Wildman–Crippen MR) is 84.0 cm³/mol. The van der Waals surface area contributed by atoms with Crippen LogP contribution in [0.2, 0.25) is 0 Å². The Morgan fingerprint density at radius 1 is 1.24 bits per heavy atom. The second-order valence-electron chi connectivity index (χ2n) is 6.92. The normalized spacial score (nSPS) is 17.3. The molecule has 1 aromatic heterocycles. The first-order valence-corrected chi connectivity index (χ1v) is 8.30. The molecule has 0 saturated carbocycles. The van der Waals surface area contributed by atoms with Crippen molar-refractivity contribution in [3.05, 3.63) is 11.7 Å². The second-order valence-corrected chi connectivity index (χ2v) is 6.92. The van der Waals surface area contributed by atoms with Crippen LogP contribution in [0.25, 0.3) is 0 Å². The number of nitrogens with one attached hydrogen (secondary N) is 1. The van der Waals surface area contributed by atoms with Crippen molar-refractivity contribution in [2.24, 2.45) is 11.8 Å². The lowest BCUT2D eigenvalue weighted by Gasteiger charge is -2.31. The minimum atomic E-state index is 0.506. The topological polar surface area (TPSA) is 54.2 Å². The van der Waals surface area contributed by atoms with Crippen molar-refractivity contribution in [1.82, 2.24) is 20.4 Å². The van der Waals surface area contributed by atoms with Crippen LogP contribution in [0.15, 0.2) is 4.52 Å². The summed E-state index contributed by atoms with van der Waals surface area (Å²) < 4.78 is 5.35. The van der Waals surface area contributed by atoms with Gasteiger partial charge < -0.3 is 9.84 Å². The molecule has 0 unspecified atom stereocenters. The Kier molecular flexibility index (Phi) is 6.18. The summed E-state index contributed by atoms with van der Waals surface area (Å²) >= 11 is 0. The molecule has 0 aromatic carbocycles. The Morgan fingerprint density at radius 2 is 1.95 bits per heavy atom. The van der Waals surface area contributed by atoms with Crippen LogP contribution in [0.1, 0.15) is 52.3 Å². The molecule has 0 spiro atoms. The van der Waals surface area contributed by atoms with Gasteiger partial charge in [-0.3, -0.25) is 4.90 Å². The highest BCUT2D eigenvalue weighted by Gasteiger charge is 2.20. The molecule has 0 atom stereocenters. The van der Waals surface area contributed by atoms with Crippen LogP contribution in [0.4, 0.5) is 0 Å². The first-order valence-electron chi connectivity index (χ1n) is 8.30. The van der Waals surface area contributed by atoms with Gasteiger partial charge in [-0.05, 0) is 51.6 Å². The summed E-state index contributed by atoms with van der Waals surface area (Å²) in [5, 5.41) is 7.57. The van der Waals surface area contributed by atoms with Gasteiger partial charge in [0.05, 0.1) is 6.54 Å². The van der Waals surface area contributed by atoms with E-state index in [4.69, 9.17) is 4.52 Å². The number of nitrogens with zero attached hydrogens (tertiary/aromatic N) is 3. The minimum absolute atomic E-state index is 0.506. The number of piperidine rings is 1. The first-order chi connectivity index (χ1) is 10.0. The molecule has 1 aliphatic heterocycles. The fraction of sp³-hybridized carbons (Fsp3) is 0.875. The molecule has 1 aliphatic rings. The molecule has 1 saturated heterocycles. The van der Waals surface area contributed by atoms with Crippen LogP contribution in [-0.2, 0) is 13.0 Å². The van der Waals surface area contributed by atoms with Crippen LogP contribution in [0, 0.1) is 11.8 Å². The summed E-state index contributed by atoms with van der Waals surface area (Å²) in [6.45, 7) is 13.1. The van der Waals surface area contributed by atoms with Crippen molar-refractivity contribution in [3.63, 3.8) is 0 Å². The Morgan fingerprint density at radius 3 is 2.57 bits per heavy atom. The van der Waals surface area contributed by atoms with Crippen molar-refractivity contribution in [3.8, 4) is 0 Å². The molecule has 0 bridgehead atoms. The lowest BCUT2D eigenvalue weighted by Crippen LogP contribution is -2.39. The molecule has 120 valence electrons. The number of rotatable bonds is 7. The van der Waals surface area contributed by atoms with E-state index in [1.54, 1.807) is 0 Å². The number of aromatic nitrogens is 2. The third-order valence-corrected chi connectivity index (χ3v) is 4.12. The van der Waals surface area contributed by atoms with E-state index in [9.17, 15) is 0 Å². The molecule has 5 nitrogen and oxygen atoms in total. The quantitative estimate of drug-likeness (QED) is 0.837. The van der Waals surface area contributed by atoms with Crippen molar-refractivity contribution in [2.75, 3.05) is 19.6 Å². The Hall–Kier alpha value is -0.940. The van der Waals surface area contributed by atoms with Gasteiger partial charge in [-0.1, -0.05) is 19.0 Å². The smallest absolute Gasteiger partial charge is 0.226 e. The van der Waals surface area contributed by atoms with Crippen LogP contribution in [0.3, 0.4) is 0 Å². The van der Waals surface area contributed by atoms with E-state index in [0.717, 1.165) is 50.2 Å². The summed E-state index contributed by atoms with van der Waals surface area (Å²) in [6, 6.07) is 0.506. The number of hydrogen-bond donors (Lipinski definition) is 1. The van der Waals surface area contributed by atoms with Crippen LogP contribution >= 0.6 is 0 Å². The van der Waals surface area contributed by atoms with Gasteiger partial charge in [-0.15, -0.1) is 0 Å². The summed E-state index contributed by atoms with van der Waals surface area (Å²) in [4.78, 5) is 7.01. The molecule has 2 rings (SSSR count). The predicted octanol–water partition coefficient (Wildman–Crippen LogP) is 2.48. The summed E-state index contributed by atoms with van der Waals surface area (Å²) in [5.74, 6) is 2.93. The van der Waals surface area contributed by atoms with E-state index in [1.165, 1.54) is 12.8 Å². The zero-order valence-corrected chi connectivity index (χ0v) is 13.9. The third kappa shape index (κ3) is 5.40. The van der Waals surface area contributed by atoms with E-state index in [1.807, 2.05) is 0 Å². The van der Waals surface area contributed by atoms with Gasteiger partial charge >= 0.3 is 0 Å². The molecule has 21 heavy (non-hydrogen) atoms. The van der Waals surface area contributed by atoms with E-state index < -0.39 is 0 Å². The average Bonchev–Trinajstić information content (AvgIpc) is 2.85. The molecule has 1 fully saturated rings. The molecule has 1 N–H and O–H groups in total. The maximum absolute atomic E-state index is 5.35. The lowest BCUT2D eigenvalue weighted by atomic mass is 9.97. The number of hydrogen-bond acceptors (Lipinski definition) is 5. The van der Waals surface area contributed by atoms with Crippen LogP contribution < -0.4 is 5.32 Å².